The average Bonchev–Trinajstić information content (AvgIpc) is 2.02. The summed E-state index contributed by atoms with van der Waals surface area (Å²) in [5, 5.41) is 0. The van der Waals surface area contributed by atoms with Crippen LogP contribution in [0.1, 0.15) is 40.5 Å². The second-order valence-corrected chi connectivity index (χ2v) is 6.01. The minimum atomic E-state index is 0.693. The van der Waals surface area contributed by atoms with Crippen molar-refractivity contribution in [2.45, 2.75) is 40.5 Å². The van der Waals surface area contributed by atoms with E-state index in [2.05, 4.69) is 27.7 Å². The molecular formula is C11H22OS2. The second-order valence-electron chi connectivity index (χ2n) is 4.31. The Balaban J connectivity index is 3.28. The van der Waals surface area contributed by atoms with E-state index in [-0.39, 0.29) is 0 Å². The standard InChI is InChI=1S/C11H22OS2/c1-9(2)5-7-12-11(13)14-8-6-10(3)4/h9-10H,5-8H2,1-4H3. The van der Waals surface area contributed by atoms with Gasteiger partial charge in [-0.05, 0) is 36.9 Å². The Kier molecular flexibility index (Phi) is 8.69. The minimum absolute atomic E-state index is 0.693. The van der Waals surface area contributed by atoms with E-state index >= 15 is 0 Å². The Hall–Kier alpha value is 0.240. The van der Waals surface area contributed by atoms with E-state index in [1.54, 1.807) is 11.8 Å². The maximum Gasteiger partial charge on any atom is 0.219 e. The van der Waals surface area contributed by atoms with E-state index in [1.807, 2.05) is 0 Å². The van der Waals surface area contributed by atoms with E-state index in [0.29, 0.717) is 10.3 Å². The second kappa shape index (κ2) is 8.54. The van der Waals surface area contributed by atoms with Crippen molar-refractivity contribution in [3.05, 3.63) is 0 Å². The first-order chi connectivity index (χ1) is 6.52. The molecule has 0 amide bonds. The van der Waals surface area contributed by atoms with Gasteiger partial charge in [-0.1, -0.05) is 39.5 Å². The lowest BCUT2D eigenvalue weighted by atomic mass is 10.1. The summed E-state index contributed by atoms with van der Waals surface area (Å²) in [6, 6.07) is 0. The van der Waals surface area contributed by atoms with Crippen LogP contribution >= 0.6 is 24.0 Å². The molecule has 0 aromatic rings. The molecule has 14 heavy (non-hydrogen) atoms. The van der Waals surface area contributed by atoms with Crippen molar-refractivity contribution in [1.82, 2.24) is 0 Å². The monoisotopic (exact) mass is 234 g/mol. The normalized spacial score (nSPS) is 11.0. The van der Waals surface area contributed by atoms with Crippen molar-refractivity contribution < 1.29 is 4.74 Å². The lowest BCUT2D eigenvalue weighted by molar-refractivity contribution is 0.292. The number of rotatable bonds is 6. The Labute approximate surface area is 98.0 Å². The van der Waals surface area contributed by atoms with Gasteiger partial charge in [-0.25, -0.2) is 0 Å². The summed E-state index contributed by atoms with van der Waals surface area (Å²) in [5.74, 6) is 2.53. The van der Waals surface area contributed by atoms with Crippen LogP contribution in [0.5, 0.6) is 0 Å². The highest BCUT2D eigenvalue weighted by atomic mass is 32.2. The van der Waals surface area contributed by atoms with Crippen LogP contribution in [0.2, 0.25) is 0 Å². The summed E-state index contributed by atoms with van der Waals surface area (Å²) in [7, 11) is 0. The van der Waals surface area contributed by atoms with Gasteiger partial charge in [0, 0.05) is 5.75 Å². The molecule has 1 nitrogen and oxygen atoms in total. The number of ether oxygens (including phenoxy) is 1. The number of thioether (sulfide) groups is 1. The van der Waals surface area contributed by atoms with E-state index in [1.165, 1.54) is 6.42 Å². The summed E-state index contributed by atoms with van der Waals surface area (Å²) in [4.78, 5) is 0. The topological polar surface area (TPSA) is 9.23 Å². The summed E-state index contributed by atoms with van der Waals surface area (Å²) < 4.78 is 6.14. The number of hydrogen-bond acceptors (Lipinski definition) is 3. The average molecular weight is 234 g/mol. The molecule has 0 unspecified atom stereocenters. The van der Waals surface area contributed by atoms with Gasteiger partial charge in [-0.3, -0.25) is 0 Å². The molecule has 0 radical (unpaired) electrons. The first-order valence-corrected chi connectivity index (χ1v) is 6.71. The van der Waals surface area contributed by atoms with Gasteiger partial charge in [-0.2, -0.15) is 0 Å². The quantitative estimate of drug-likeness (QED) is 0.640. The molecular weight excluding hydrogens is 212 g/mol. The highest BCUT2D eigenvalue weighted by molar-refractivity contribution is 8.22. The van der Waals surface area contributed by atoms with E-state index < -0.39 is 0 Å². The third-order valence-electron chi connectivity index (χ3n) is 1.83. The van der Waals surface area contributed by atoms with Gasteiger partial charge in [-0.15, -0.1) is 0 Å². The fraction of sp³-hybridized carbons (Fsp3) is 0.909. The third kappa shape index (κ3) is 10.3. The molecule has 0 saturated carbocycles. The van der Waals surface area contributed by atoms with Crippen LogP contribution in [0.3, 0.4) is 0 Å². The zero-order valence-corrected chi connectivity index (χ0v) is 11.3. The van der Waals surface area contributed by atoms with Gasteiger partial charge in [0.1, 0.15) is 0 Å². The zero-order valence-electron chi connectivity index (χ0n) is 9.71. The molecule has 0 heterocycles. The summed E-state index contributed by atoms with van der Waals surface area (Å²) in [6.07, 6.45) is 2.29. The van der Waals surface area contributed by atoms with Gasteiger partial charge in [0.15, 0.2) is 0 Å². The van der Waals surface area contributed by atoms with Gasteiger partial charge >= 0.3 is 0 Å². The minimum Gasteiger partial charge on any atom is -0.479 e. The van der Waals surface area contributed by atoms with Crippen LogP contribution in [0.15, 0.2) is 0 Å². The predicted molar refractivity (Wildman–Crippen MR) is 69.9 cm³/mol. The molecule has 0 spiro atoms. The van der Waals surface area contributed by atoms with Gasteiger partial charge in [0.2, 0.25) is 4.38 Å². The third-order valence-corrected chi connectivity index (χ3v) is 3.10. The summed E-state index contributed by atoms with van der Waals surface area (Å²) >= 11 is 6.76. The largest absolute Gasteiger partial charge is 0.479 e. The van der Waals surface area contributed by atoms with Crippen molar-refractivity contribution in [2.75, 3.05) is 12.4 Å². The molecule has 3 heteroatoms. The molecule has 0 aliphatic heterocycles. The molecule has 0 fully saturated rings. The Bertz CT molecular complexity index is 139. The molecule has 0 aromatic carbocycles. The SMILES string of the molecule is CC(C)CCOC(=S)SCCC(C)C. The Morgan fingerprint density at radius 1 is 1.14 bits per heavy atom. The lowest BCUT2D eigenvalue weighted by Gasteiger charge is -2.09. The Morgan fingerprint density at radius 3 is 2.21 bits per heavy atom. The van der Waals surface area contributed by atoms with Crippen molar-refractivity contribution in [3.8, 4) is 0 Å². The van der Waals surface area contributed by atoms with Gasteiger partial charge in [0.25, 0.3) is 0 Å². The van der Waals surface area contributed by atoms with Crippen molar-refractivity contribution in [1.29, 1.82) is 0 Å². The fourth-order valence-electron chi connectivity index (χ4n) is 0.798. The van der Waals surface area contributed by atoms with Crippen LogP contribution in [-0.2, 0) is 4.74 Å². The maximum atomic E-state index is 5.43. The van der Waals surface area contributed by atoms with Crippen LogP contribution in [0.25, 0.3) is 0 Å². The molecule has 0 aliphatic carbocycles. The van der Waals surface area contributed by atoms with Crippen LogP contribution in [0, 0.1) is 11.8 Å². The smallest absolute Gasteiger partial charge is 0.219 e. The van der Waals surface area contributed by atoms with Crippen molar-refractivity contribution in [3.63, 3.8) is 0 Å². The molecule has 84 valence electrons. The number of hydrogen-bond donors (Lipinski definition) is 0. The predicted octanol–water partition coefficient (Wildman–Crippen LogP) is 4.11. The molecule has 0 bridgehead atoms. The fourth-order valence-corrected chi connectivity index (χ4v) is 2.05. The molecule has 0 aliphatic rings. The highest BCUT2D eigenvalue weighted by Crippen LogP contribution is 2.12. The highest BCUT2D eigenvalue weighted by Gasteiger charge is 2.01. The molecule has 0 N–H and O–H groups in total. The summed E-state index contributed by atoms with van der Waals surface area (Å²) in [6.45, 7) is 9.61. The Morgan fingerprint density at radius 2 is 1.71 bits per heavy atom. The van der Waals surface area contributed by atoms with Crippen LogP contribution in [-0.4, -0.2) is 16.7 Å². The van der Waals surface area contributed by atoms with Gasteiger partial charge in [0.05, 0.1) is 6.61 Å². The van der Waals surface area contributed by atoms with E-state index in [4.69, 9.17) is 17.0 Å². The molecule has 0 rings (SSSR count). The molecule has 0 aromatic heterocycles. The molecule has 0 atom stereocenters. The van der Waals surface area contributed by atoms with E-state index in [9.17, 15) is 0 Å². The summed E-state index contributed by atoms with van der Waals surface area (Å²) in [5.41, 5.74) is 0. The first-order valence-electron chi connectivity index (χ1n) is 5.32. The van der Waals surface area contributed by atoms with E-state index in [0.717, 1.165) is 24.7 Å². The molecule has 0 saturated heterocycles. The maximum absolute atomic E-state index is 5.43. The van der Waals surface area contributed by atoms with Crippen molar-refractivity contribution >= 4 is 28.4 Å². The number of thiocarbonyl (C=S) groups is 1. The first kappa shape index (κ1) is 14.2. The van der Waals surface area contributed by atoms with Crippen LogP contribution < -0.4 is 0 Å². The van der Waals surface area contributed by atoms with Crippen LogP contribution in [0.4, 0.5) is 0 Å². The van der Waals surface area contributed by atoms with Gasteiger partial charge < -0.3 is 4.74 Å². The zero-order chi connectivity index (χ0) is 11.0. The van der Waals surface area contributed by atoms with Crippen molar-refractivity contribution in [2.24, 2.45) is 11.8 Å². The lowest BCUT2D eigenvalue weighted by Crippen LogP contribution is -2.03.